The van der Waals surface area contributed by atoms with Crippen LogP contribution in [0.2, 0.25) is 0 Å². The van der Waals surface area contributed by atoms with E-state index in [9.17, 15) is 14.0 Å². The van der Waals surface area contributed by atoms with Crippen molar-refractivity contribution in [2.45, 2.75) is 33.2 Å². The fourth-order valence-corrected chi connectivity index (χ4v) is 3.57. The number of fused-ring (bicyclic) bond motifs is 1. The van der Waals surface area contributed by atoms with Gasteiger partial charge in [-0.15, -0.1) is 0 Å². The lowest BCUT2D eigenvalue weighted by atomic mass is 10.1. The highest BCUT2D eigenvalue weighted by Gasteiger charge is 2.16. The Hall–Kier alpha value is -4.00. The van der Waals surface area contributed by atoms with E-state index in [1.165, 1.54) is 12.1 Å². The van der Waals surface area contributed by atoms with Crippen LogP contribution in [-0.2, 0) is 0 Å². The van der Waals surface area contributed by atoms with E-state index in [0.717, 1.165) is 22.5 Å². The van der Waals surface area contributed by atoms with Crippen LogP contribution < -0.4 is 10.6 Å². The van der Waals surface area contributed by atoms with Crippen molar-refractivity contribution in [1.82, 2.24) is 14.9 Å². The molecular formula is C26H25FN4O2. The van der Waals surface area contributed by atoms with Gasteiger partial charge in [0.25, 0.3) is 11.8 Å². The Kier molecular flexibility index (Phi) is 5.72. The number of rotatable bonds is 4. The standard InChI is InChI=1S/C26H25FN4O2/c1-16-28-22-14-7-18(15-23(22)31(16)21-12-8-19(27)9-13-21)24(32)29-20-10-5-17(6-11-20)25(33)30-26(2,3)4/h5-15H,1-4H3,(H,29,32)(H,30,33). The normalized spacial score (nSPS) is 11.4. The number of carbonyl (C=O) groups excluding carboxylic acids is 2. The monoisotopic (exact) mass is 444 g/mol. The summed E-state index contributed by atoms with van der Waals surface area (Å²) in [5, 5.41) is 5.77. The molecule has 0 radical (unpaired) electrons. The maximum absolute atomic E-state index is 13.4. The first-order chi connectivity index (χ1) is 15.6. The molecule has 4 rings (SSSR count). The van der Waals surface area contributed by atoms with Crippen molar-refractivity contribution in [2.75, 3.05) is 5.32 Å². The number of nitrogens with zero attached hydrogens (tertiary/aromatic N) is 2. The highest BCUT2D eigenvalue weighted by Crippen LogP contribution is 2.23. The maximum atomic E-state index is 13.4. The number of amides is 2. The lowest BCUT2D eigenvalue weighted by Gasteiger charge is -2.20. The Morgan fingerprint density at radius 2 is 1.52 bits per heavy atom. The summed E-state index contributed by atoms with van der Waals surface area (Å²) in [6, 6.07) is 18.1. The molecule has 0 spiro atoms. The number of aromatic nitrogens is 2. The molecule has 168 valence electrons. The molecule has 3 aromatic carbocycles. The molecule has 2 N–H and O–H groups in total. The van der Waals surface area contributed by atoms with Crippen LogP contribution in [0.5, 0.6) is 0 Å². The third-order valence-electron chi connectivity index (χ3n) is 5.06. The second-order valence-electron chi connectivity index (χ2n) is 8.91. The highest BCUT2D eigenvalue weighted by atomic mass is 19.1. The first-order valence-corrected chi connectivity index (χ1v) is 10.6. The molecule has 33 heavy (non-hydrogen) atoms. The van der Waals surface area contributed by atoms with E-state index in [0.29, 0.717) is 16.8 Å². The topological polar surface area (TPSA) is 76.0 Å². The van der Waals surface area contributed by atoms with Crippen molar-refractivity contribution in [1.29, 1.82) is 0 Å². The molecular weight excluding hydrogens is 419 g/mol. The molecule has 1 heterocycles. The van der Waals surface area contributed by atoms with Gasteiger partial charge in [0.05, 0.1) is 11.0 Å². The molecule has 0 bridgehead atoms. The van der Waals surface area contributed by atoms with Gasteiger partial charge in [0.1, 0.15) is 11.6 Å². The molecule has 0 aliphatic carbocycles. The Morgan fingerprint density at radius 1 is 0.879 bits per heavy atom. The van der Waals surface area contributed by atoms with Gasteiger partial charge < -0.3 is 10.6 Å². The van der Waals surface area contributed by atoms with Gasteiger partial charge in [-0.25, -0.2) is 9.37 Å². The lowest BCUT2D eigenvalue weighted by molar-refractivity contribution is 0.0919. The van der Waals surface area contributed by atoms with Gasteiger partial charge in [-0.3, -0.25) is 14.2 Å². The van der Waals surface area contributed by atoms with E-state index in [4.69, 9.17) is 0 Å². The van der Waals surface area contributed by atoms with Crippen LogP contribution in [0.3, 0.4) is 0 Å². The number of imidazole rings is 1. The fourth-order valence-electron chi connectivity index (χ4n) is 3.57. The van der Waals surface area contributed by atoms with Gasteiger partial charge in [-0.05, 0) is 94.4 Å². The first-order valence-electron chi connectivity index (χ1n) is 10.6. The minimum Gasteiger partial charge on any atom is -0.347 e. The third kappa shape index (κ3) is 4.92. The Labute approximate surface area is 191 Å². The quantitative estimate of drug-likeness (QED) is 0.451. The Bertz CT molecular complexity index is 1330. The fraction of sp³-hybridized carbons (Fsp3) is 0.192. The number of anilines is 1. The smallest absolute Gasteiger partial charge is 0.255 e. The van der Waals surface area contributed by atoms with Gasteiger partial charge in [-0.2, -0.15) is 0 Å². The summed E-state index contributed by atoms with van der Waals surface area (Å²) in [6.07, 6.45) is 0. The van der Waals surface area contributed by atoms with Gasteiger partial charge in [0.15, 0.2) is 0 Å². The number of nitrogens with one attached hydrogen (secondary N) is 2. The minimum atomic E-state index is -0.332. The number of hydrogen-bond acceptors (Lipinski definition) is 3. The SMILES string of the molecule is Cc1nc2ccc(C(=O)Nc3ccc(C(=O)NC(C)(C)C)cc3)cc2n1-c1ccc(F)cc1. The van der Waals surface area contributed by atoms with Gasteiger partial charge in [0.2, 0.25) is 0 Å². The molecule has 0 saturated carbocycles. The summed E-state index contributed by atoms with van der Waals surface area (Å²) in [5.74, 6) is -0.0374. The van der Waals surface area contributed by atoms with Crippen LogP contribution >= 0.6 is 0 Å². The number of hydrogen-bond donors (Lipinski definition) is 2. The maximum Gasteiger partial charge on any atom is 0.255 e. The average molecular weight is 445 g/mol. The summed E-state index contributed by atoms with van der Waals surface area (Å²) >= 11 is 0. The lowest BCUT2D eigenvalue weighted by Crippen LogP contribution is -2.40. The number of carbonyl (C=O) groups is 2. The van der Waals surface area contributed by atoms with Crippen molar-refractivity contribution in [3.8, 4) is 5.69 Å². The van der Waals surface area contributed by atoms with E-state index in [2.05, 4.69) is 15.6 Å². The largest absolute Gasteiger partial charge is 0.347 e. The van der Waals surface area contributed by atoms with Crippen molar-refractivity contribution < 1.29 is 14.0 Å². The number of halogens is 1. The van der Waals surface area contributed by atoms with E-state index >= 15 is 0 Å². The van der Waals surface area contributed by atoms with E-state index in [1.807, 2.05) is 32.3 Å². The molecule has 0 aliphatic rings. The zero-order valence-electron chi connectivity index (χ0n) is 18.9. The molecule has 2 amide bonds. The van der Waals surface area contributed by atoms with Crippen LogP contribution in [-0.4, -0.2) is 26.9 Å². The first kappa shape index (κ1) is 22.2. The number of benzene rings is 3. The number of aryl methyl sites for hydroxylation is 1. The third-order valence-corrected chi connectivity index (χ3v) is 5.06. The second kappa shape index (κ2) is 8.50. The average Bonchev–Trinajstić information content (AvgIpc) is 3.08. The van der Waals surface area contributed by atoms with E-state index in [1.54, 1.807) is 54.6 Å². The predicted octanol–water partition coefficient (Wildman–Crippen LogP) is 5.25. The Morgan fingerprint density at radius 3 is 2.15 bits per heavy atom. The van der Waals surface area contributed by atoms with Crippen LogP contribution in [0.4, 0.5) is 10.1 Å². The summed E-state index contributed by atoms with van der Waals surface area (Å²) in [7, 11) is 0. The van der Waals surface area contributed by atoms with Gasteiger partial charge in [-0.1, -0.05) is 0 Å². The van der Waals surface area contributed by atoms with Gasteiger partial charge >= 0.3 is 0 Å². The van der Waals surface area contributed by atoms with Crippen LogP contribution in [0.1, 0.15) is 47.3 Å². The van der Waals surface area contributed by atoms with Crippen LogP contribution in [0.25, 0.3) is 16.7 Å². The molecule has 6 nitrogen and oxygen atoms in total. The summed E-state index contributed by atoms with van der Waals surface area (Å²) in [4.78, 5) is 29.7. The van der Waals surface area contributed by atoms with E-state index in [-0.39, 0.29) is 23.2 Å². The zero-order valence-corrected chi connectivity index (χ0v) is 18.9. The van der Waals surface area contributed by atoms with E-state index < -0.39 is 0 Å². The minimum absolute atomic E-state index is 0.171. The predicted molar refractivity (Wildman–Crippen MR) is 127 cm³/mol. The van der Waals surface area contributed by atoms with Crippen LogP contribution in [0, 0.1) is 12.7 Å². The molecule has 0 atom stereocenters. The summed E-state index contributed by atoms with van der Waals surface area (Å²) in [6.45, 7) is 7.61. The van der Waals surface area contributed by atoms with Crippen molar-refractivity contribution >= 4 is 28.5 Å². The van der Waals surface area contributed by atoms with Crippen molar-refractivity contribution in [3.05, 3.63) is 89.5 Å². The van der Waals surface area contributed by atoms with Crippen LogP contribution in [0.15, 0.2) is 66.7 Å². The van der Waals surface area contributed by atoms with Gasteiger partial charge in [0, 0.05) is 28.0 Å². The molecule has 0 aliphatic heterocycles. The van der Waals surface area contributed by atoms with Crippen molar-refractivity contribution in [2.24, 2.45) is 0 Å². The Balaban J connectivity index is 1.57. The second-order valence-corrected chi connectivity index (χ2v) is 8.91. The van der Waals surface area contributed by atoms with Crippen molar-refractivity contribution in [3.63, 3.8) is 0 Å². The summed E-state index contributed by atoms with van der Waals surface area (Å²) in [5.41, 5.74) is 3.47. The molecule has 1 aromatic heterocycles. The molecule has 0 fully saturated rings. The molecule has 7 heteroatoms. The highest BCUT2D eigenvalue weighted by molar-refractivity contribution is 6.06. The molecule has 0 saturated heterocycles. The molecule has 4 aromatic rings. The summed E-state index contributed by atoms with van der Waals surface area (Å²) < 4.78 is 15.2. The zero-order chi connectivity index (χ0) is 23.8. The molecule has 0 unspecified atom stereocenters.